The Kier molecular flexibility index (Phi) is 5.94. The molecule has 0 saturated carbocycles. The molecule has 1 fully saturated rings. The van der Waals surface area contributed by atoms with Crippen molar-refractivity contribution >= 4 is 0 Å². The molecule has 1 saturated heterocycles. The van der Waals surface area contributed by atoms with Gasteiger partial charge in [-0.2, -0.15) is 6.61 Å². The molecular formula is C5H9O5V-. The van der Waals surface area contributed by atoms with Crippen molar-refractivity contribution in [1.82, 2.24) is 0 Å². The van der Waals surface area contributed by atoms with Gasteiger partial charge in [0.15, 0.2) is 0 Å². The molecule has 0 aromatic rings. The van der Waals surface area contributed by atoms with Crippen molar-refractivity contribution in [3.63, 3.8) is 0 Å². The van der Waals surface area contributed by atoms with E-state index in [2.05, 4.69) is 4.74 Å². The van der Waals surface area contributed by atoms with Crippen molar-refractivity contribution in [3.05, 3.63) is 6.61 Å². The molecule has 1 aliphatic heterocycles. The molecule has 1 heterocycles. The quantitative estimate of drug-likeness (QED) is 0.432. The topological polar surface area (TPSA) is 87.0 Å². The zero-order chi connectivity index (χ0) is 8.85. The van der Waals surface area contributed by atoms with Crippen LogP contribution in [0.3, 0.4) is 0 Å². The average molecular weight is 200 g/mol. The maximum atomic E-state index is 8.89. The van der Waals surface area contributed by atoms with E-state index in [0.29, 0.717) is 0 Å². The fraction of sp³-hybridized carbons (Fsp3) is 0.800. The van der Waals surface area contributed by atoms with Gasteiger partial charge in [0.25, 0.3) is 0 Å². The summed E-state index contributed by atoms with van der Waals surface area (Å²) in [5, 5.41) is 26.1. The number of aliphatic hydroxyl groups excluding tert-OH is 3. The van der Waals surface area contributed by atoms with Gasteiger partial charge < -0.3 is 20.1 Å². The second kappa shape index (κ2) is 5.82. The summed E-state index contributed by atoms with van der Waals surface area (Å²) < 4.78 is 12.8. The van der Waals surface area contributed by atoms with Crippen LogP contribution in [0, 0.1) is 6.61 Å². The van der Waals surface area contributed by atoms with E-state index in [1.54, 1.807) is 0 Å². The van der Waals surface area contributed by atoms with Crippen molar-refractivity contribution in [2.24, 2.45) is 0 Å². The SMILES string of the molecule is OC[C@H]1O[CH-][C@H](O)[C@@H]1O.[O]=[V]. The summed E-state index contributed by atoms with van der Waals surface area (Å²) in [5.41, 5.74) is 0. The predicted octanol–water partition coefficient (Wildman–Crippen LogP) is -1.86. The molecule has 65 valence electrons. The van der Waals surface area contributed by atoms with Gasteiger partial charge in [-0.3, -0.25) is 0 Å². The molecule has 1 rings (SSSR count). The minimum atomic E-state index is -0.977. The summed E-state index contributed by atoms with van der Waals surface area (Å²) in [6.45, 7) is 0.848. The Morgan fingerprint density at radius 3 is 2.18 bits per heavy atom. The third-order valence-electron chi connectivity index (χ3n) is 1.30. The van der Waals surface area contributed by atoms with Crippen molar-refractivity contribution in [1.29, 1.82) is 0 Å². The Balaban J connectivity index is 0.000000461. The fourth-order valence-corrected chi connectivity index (χ4v) is 0.713. The summed E-state index contributed by atoms with van der Waals surface area (Å²) in [5.74, 6) is 0. The second-order valence-corrected chi connectivity index (χ2v) is 1.97. The first kappa shape index (κ1) is 11.2. The van der Waals surface area contributed by atoms with Gasteiger partial charge >= 0.3 is 21.0 Å². The Morgan fingerprint density at radius 1 is 1.45 bits per heavy atom. The van der Waals surface area contributed by atoms with E-state index in [9.17, 15) is 0 Å². The molecule has 0 unspecified atom stereocenters. The molecule has 3 N–H and O–H groups in total. The zero-order valence-electron chi connectivity index (χ0n) is 5.62. The van der Waals surface area contributed by atoms with Crippen LogP contribution in [0.4, 0.5) is 0 Å². The Morgan fingerprint density at radius 2 is 2.00 bits per heavy atom. The van der Waals surface area contributed by atoms with Gasteiger partial charge in [0.2, 0.25) is 0 Å². The predicted molar refractivity (Wildman–Crippen MR) is 29.0 cm³/mol. The van der Waals surface area contributed by atoms with Gasteiger partial charge in [0, 0.05) is 0 Å². The average Bonchev–Trinajstić information content (AvgIpc) is 2.37. The molecule has 0 radical (unpaired) electrons. The molecule has 0 bridgehead atoms. The molecule has 0 aliphatic carbocycles. The molecule has 1 aliphatic rings. The van der Waals surface area contributed by atoms with Crippen molar-refractivity contribution in [2.45, 2.75) is 18.3 Å². The molecule has 0 aromatic heterocycles. The number of aliphatic hydroxyl groups is 3. The summed E-state index contributed by atoms with van der Waals surface area (Å²) >= 11 is 1.06. The first-order valence-electron chi connectivity index (χ1n) is 2.89. The third-order valence-corrected chi connectivity index (χ3v) is 1.30. The van der Waals surface area contributed by atoms with Crippen LogP contribution in [0.25, 0.3) is 0 Å². The van der Waals surface area contributed by atoms with Crippen LogP contribution in [0.1, 0.15) is 0 Å². The Labute approximate surface area is 73.2 Å². The summed E-state index contributed by atoms with van der Waals surface area (Å²) in [7, 11) is 0. The first-order valence-corrected chi connectivity index (χ1v) is 3.47. The van der Waals surface area contributed by atoms with Crippen LogP contribution in [0.15, 0.2) is 0 Å². The van der Waals surface area contributed by atoms with Crippen LogP contribution >= 0.6 is 0 Å². The molecule has 11 heavy (non-hydrogen) atoms. The maximum absolute atomic E-state index is 8.89. The molecule has 0 aromatic carbocycles. The fourth-order valence-electron chi connectivity index (χ4n) is 0.713. The molecule has 0 spiro atoms. The van der Waals surface area contributed by atoms with E-state index >= 15 is 0 Å². The number of hydrogen-bond donors (Lipinski definition) is 3. The van der Waals surface area contributed by atoms with Gasteiger partial charge in [0.05, 0.1) is 18.8 Å². The summed E-state index contributed by atoms with van der Waals surface area (Å²) in [6, 6.07) is 0. The summed E-state index contributed by atoms with van der Waals surface area (Å²) in [4.78, 5) is 0. The number of ether oxygens (including phenoxy) is 1. The monoisotopic (exact) mass is 200 g/mol. The normalized spacial score (nSPS) is 36.0. The van der Waals surface area contributed by atoms with Crippen LogP contribution in [-0.4, -0.2) is 40.2 Å². The van der Waals surface area contributed by atoms with E-state index in [0.717, 1.165) is 24.0 Å². The van der Waals surface area contributed by atoms with Crippen LogP contribution in [-0.2, 0) is 25.8 Å². The van der Waals surface area contributed by atoms with Gasteiger partial charge in [-0.05, 0) is 6.10 Å². The minimum absolute atomic E-state index is 0.269. The first-order chi connectivity index (χ1) is 5.25. The van der Waals surface area contributed by atoms with E-state index < -0.39 is 18.3 Å². The van der Waals surface area contributed by atoms with Crippen molar-refractivity contribution in [3.8, 4) is 0 Å². The third kappa shape index (κ3) is 2.98. The van der Waals surface area contributed by atoms with E-state index in [1.165, 1.54) is 0 Å². The Bertz CT molecular complexity index is 111. The van der Waals surface area contributed by atoms with Crippen LogP contribution in [0.2, 0.25) is 0 Å². The molecular weight excluding hydrogens is 191 g/mol. The number of hydrogen-bond acceptors (Lipinski definition) is 5. The van der Waals surface area contributed by atoms with E-state index in [-0.39, 0.29) is 6.61 Å². The van der Waals surface area contributed by atoms with E-state index in [1.807, 2.05) is 0 Å². The van der Waals surface area contributed by atoms with Gasteiger partial charge in [-0.25, -0.2) is 0 Å². The van der Waals surface area contributed by atoms with Crippen LogP contribution < -0.4 is 0 Å². The van der Waals surface area contributed by atoms with Crippen molar-refractivity contribution in [2.75, 3.05) is 6.61 Å². The molecule has 3 atom stereocenters. The van der Waals surface area contributed by atoms with Gasteiger partial charge in [-0.1, -0.05) is 0 Å². The molecule has 6 heteroatoms. The second-order valence-electron chi connectivity index (χ2n) is 1.97. The van der Waals surface area contributed by atoms with Crippen molar-refractivity contribution < 1.29 is 41.1 Å². The zero-order valence-corrected chi connectivity index (χ0v) is 7.02. The summed E-state index contributed by atoms with van der Waals surface area (Å²) in [6.07, 6.45) is -2.59. The number of rotatable bonds is 1. The molecule has 0 amide bonds. The standard InChI is InChI=1S/C5H9O4.O.V/c6-1-4-5(8)3(7)2-9-4;;/h2-8H,1H2;;/q-1;;/t3-,4+,5-;;/m0../s1. The van der Waals surface area contributed by atoms with Gasteiger partial charge in [-0.15, -0.1) is 0 Å². The van der Waals surface area contributed by atoms with Crippen LogP contribution in [0.5, 0.6) is 0 Å². The van der Waals surface area contributed by atoms with Gasteiger partial charge in [0.1, 0.15) is 0 Å². The molecule has 5 nitrogen and oxygen atoms in total. The van der Waals surface area contributed by atoms with E-state index in [4.69, 9.17) is 19.0 Å². The Hall–Kier alpha value is 0.224.